The number of hydrogen-bond donors (Lipinski definition) is 3. The van der Waals surface area contributed by atoms with Crippen LogP contribution in [0.1, 0.15) is 26.1 Å². The minimum atomic E-state index is -0.295. The topological polar surface area (TPSA) is 116 Å². The Kier molecular flexibility index (Phi) is 3.73. The van der Waals surface area contributed by atoms with E-state index in [1.54, 1.807) is 13.0 Å². The molecule has 20 heavy (non-hydrogen) atoms. The highest BCUT2D eigenvalue weighted by Crippen LogP contribution is 2.16. The SMILES string of the molecule is Cc1nc(N(CCC(=N)N)C(C)C)cc2n[nH]c(=O)n12. The van der Waals surface area contributed by atoms with E-state index in [-0.39, 0.29) is 17.6 Å². The molecule has 0 saturated heterocycles. The highest BCUT2D eigenvalue weighted by atomic mass is 16.1. The lowest BCUT2D eigenvalue weighted by molar-refractivity contribution is 0.675. The first-order chi connectivity index (χ1) is 9.40. The van der Waals surface area contributed by atoms with Gasteiger partial charge in [-0.3, -0.25) is 5.41 Å². The molecule has 2 heterocycles. The molecule has 0 atom stereocenters. The maximum absolute atomic E-state index is 11.6. The van der Waals surface area contributed by atoms with Crippen molar-refractivity contribution in [3.63, 3.8) is 0 Å². The number of fused-ring (bicyclic) bond motifs is 1. The van der Waals surface area contributed by atoms with Gasteiger partial charge in [-0.15, -0.1) is 0 Å². The summed E-state index contributed by atoms with van der Waals surface area (Å²) < 4.78 is 1.42. The average molecular weight is 277 g/mol. The minimum Gasteiger partial charge on any atom is -0.388 e. The van der Waals surface area contributed by atoms with Gasteiger partial charge in [-0.2, -0.15) is 5.10 Å². The highest BCUT2D eigenvalue weighted by Gasteiger charge is 2.15. The minimum absolute atomic E-state index is 0.143. The fourth-order valence-corrected chi connectivity index (χ4v) is 2.11. The Labute approximate surface area is 116 Å². The summed E-state index contributed by atoms with van der Waals surface area (Å²) in [5, 5.41) is 13.7. The van der Waals surface area contributed by atoms with Crippen LogP contribution in [0.15, 0.2) is 10.9 Å². The van der Waals surface area contributed by atoms with Crippen molar-refractivity contribution in [2.24, 2.45) is 5.73 Å². The molecule has 2 aromatic rings. The van der Waals surface area contributed by atoms with Crippen LogP contribution in [0.25, 0.3) is 5.65 Å². The van der Waals surface area contributed by atoms with E-state index in [9.17, 15) is 4.79 Å². The molecule has 0 aliphatic heterocycles. The van der Waals surface area contributed by atoms with E-state index in [4.69, 9.17) is 11.1 Å². The number of rotatable bonds is 5. The van der Waals surface area contributed by atoms with E-state index in [0.717, 1.165) is 5.82 Å². The first-order valence-corrected chi connectivity index (χ1v) is 6.44. The van der Waals surface area contributed by atoms with Gasteiger partial charge >= 0.3 is 5.69 Å². The summed E-state index contributed by atoms with van der Waals surface area (Å²) in [6.07, 6.45) is 0.470. The first kappa shape index (κ1) is 14.0. The Balaban J connectivity index is 2.43. The zero-order valence-corrected chi connectivity index (χ0v) is 11.8. The van der Waals surface area contributed by atoms with Crippen molar-refractivity contribution < 1.29 is 0 Å². The third kappa shape index (κ3) is 2.63. The number of aromatic amines is 1. The van der Waals surface area contributed by atoms with Crippen molar-refractivity contribution >= 4 is 17.3 Å². The monoisotopic (exact) mass is 277 g/mol. The van der Waals surface area contributed by atoms with Crippen LogP contribution in [0.2, 0.25) is 0 Å². The normalized spacial score (nSPS) is 11.2. The second kappa shape index (κ2) is 5.32. The summed E-state index contributed by atoms with van der Waals surface area (Å²) in [5.74, 6) is 1.44. The molecule has 0 amide bonds. The van der Waals surface area contributed by atoms with Gasteiger partial charge in [0.05, 0.1) is 5.84 Å². The molecule has 0 unspecified atom stereocenters. The second-order valence-corrected chi connectivity index (χ2v) is 4.95. The molecule has 2 rings (SSSR count). The maximum Gasteiger partial charge on any atom is 0.349 e. The van der Waals surface area contributed by atoms with Gasteiger partial charge in [-0.25, -0.2) is 19.3 Å². The number of amidine groups is 1. The van der Waals surface area contributed by atoms with Gasteiger partial charge in [0.2, 0.25) is 0 Å². The van der Waals surface area contributed by atoms with Gasteiger partial charge in [-0.05, 0) is 20.8 Å². The number of nitrogens with one attached hydrogen (secondary N) is 2. The molecule has 0 bridgehead atoms. The van der Waals surface area contributed by atoms with Crippen LogP contribution >= 0.6 is 0 Å². The number of nitrogens with zero attached hydrogens (tertiary/aromatic N) is 4. The number of aromatic nitrogens is 4. The Morgan fingerprint density at radius 1 is 1.60 bits per heavy atom. The Bertz CT molecular complexity index is 685. The van der Waals surface area contributed by atoms with Crippen molar-refractivity contribution in [2.45, 2.75) is 33.2 Å². The van der Waals surface area contributed by atoms with Gasteiger partial charge in [0.15, 0.2) is 5.65 Å². The van der Waals surface area contributed by atoms with Crippen LogP contribution < -0.4 is 16.3 Å². The number of nitrogens with two attached hydrogens (primary N) is 1. The van der Waals surface area contributed by atoms with Crippen molar-refractivity contribution in [1.29, 1.82) is 5.41 Å². The summed E-state index contributed by atoms with van der Waals surface area (Å²) >= 11 is 0. The molecule has 8 heteroatoms. The van der Waals surface area contributed by atoms with E-state index < -0.39 is 0 Å². The molecular weight excluding hydrogens is 258 g/mol. The summed E-state index contributed by atoms with van der Waals surface area (Å²) in [6, 6.07) is 1.96. The van der Waals surface area contributed by atoms with Gasteiger partial charge < -0.3 is 10.6 Å². The summed E-state index contributed by atoms with van der Waals surface area (Å²) in [5.41, 5.74) is 5.65. The Morgan fingerprint density at radius 2 is 2.30 bits per heavy atom. The number of hydrogen-bond acceptors (Lipinski definition) is 5. The first-order valence-electron chi connectivity index (χ1n) is 6.44. The van der Waals surface area contributed by atoms with Crippen molar-refractivity contribution in [3.8, 4) is 0 Å². The molecule has 0 saturated carbocycles. The van der Waals surface area contributed by atoms with Crippen LogP contribution in [0.4, 0.5) is 5.82 Å². The van der Waals surface area contributed by atoms with E-state index in [2.05, 4.69) is 15.2 Å². The smallest absolute Gasteiger partial charge is 0.349 e. The third-order valence-corrected chi connectivity index (χ3v) is 3.10. The molecule has 0 spiro atoms. The molecule has 0 aliphatic carbocycles. The lowest BCUT2D eigenvalue weighted by Gasteiger charge is -2.28. The molecule has 0 aromatic carbocycles. The molecule has 0 fully saturated rings. The van der Waals surface area contributed by atoms with Gasteiger partial charge in [0.1, 0.15) is 11.6 Å². The van der Waals surface area contributed by atoms with Crippen molar-refractivity contribution in [3.05, 3.63) is 22.4 Å². The summed E-state index contributed by atoms with van der Waals surface area (Å²) in [4.78, 5) is 18.1. The zero-order chi connectivity index (χ0) is 14.9. The van der Waals surface area contributed by atoms with Crippen LogP contribution in [-0.4, -0.2) is 38.0 Å². The van der Waals surface area contributed by atoms with Crippen LogP contribution in [0.3, 0.4) is 0 Å². The maximum atomic E-state index is 11.6. The summed E-state index contributed by atoms with van der Waals surface area (Å²) in [7, 11) is 0. The molecule has 108 valence electrons. The molecular formula is C12H19N7O. The second-order valence-electron chi connectivity index (χ2n) is 4.95. The fourth-order valence-electron chi connectivity index (χ4n) is 2.11. The molecule has 0 aliphatic rings. The molecule has 4 N–H and O–H groups in total. The molecule has 2 aromatic heterocycles. The van der Waals surface area contributed by atoms with Crippen molar-refractivity contribution in [2.75, 3.05) is 11.4 Å². The predicted molar refractivity (Wildman–Crippen MR) is 77.4 cm³/mol. The van der Waals surface area contributed by atoms with E-state index in [0.29, 0.717) is 24.4 Å². The van der Waals surface area contributed by atoms with E-state index in [1.165, 1.54) is 4.40 Å². The largest absolute Gasteiger partial charge is 0.388 e. The fraction of sp³-hybridized carbons (Fsp3) is 0.500. The van der Waals surface area contributed by atoms with E-state index in [1.807, 2.05) is 18.7 Å². The predicted octanol–water partition coefficient (Wildman–Crippen LogP) is 0.267. The van der Waals surface area contributed by atoms with Crippen molar-refractivity contribution in [1.82, 2.24) is 19.6 Å². The highest BCUT2D eigenvalue weighted by molar-refractivity contribution is 5.77. The lowest BCUT2D eigenvalue weighted by atomic mass is 10.2. The van der Waals surface area contributed by atoms with E-state index >= 15 is 0 Å². The molecule has 8 nitrogen and oxygen atoms in total. The number of anilines is 1. The number of H-pyrrole nitrogens is 1. The van der Waals surface area contributed by atoms with Crippen LogP contribution in [0.5, 0.6) is 0 Å². The zero-order valence-electron chi connectivity index (χ0n) is 11.8. The number of aryl methyl sites for hydroxylation is 1. The Morgan fingerprint density at radius 3 is 2.90 bits per heavy atom. The quantitative estimate of drug-likeness (QED) is 0.535. The lowest BCUT2D eigenvalue weighted by Crippen LogP contribution is -2.35. The standard InChI is InChI=1S/C12H19N7O/c1-7(2)18(5-4-9(13)14)10-6-11-16-17-12(20)19(11)8(3)15-10/h6-7H,4-5H2,1-3H3,(H3,13,14)(H,17,20). The van der Waals surface area contributed by atoms with Crippen LogP contribution in [-0.2, 0) is 0 Å². The van der Waals surface area contributed by atoms with Gasteiger partial charge in [0.25, 0.3) is 0 Å². The average Bonchev–Trinajstić information content (AvgIpc) is 2.71. The van der Waals surface area contributed by atoms with Gasteiger partial charge in [-0.1, -0.05) is 0 Å². The Hall–Kier alpha value is -2.38. The summed E-state index contributed by atoms with van der Waals surface area (Å²) in [6.45, 7) is 6.44. The third-order valence-electron chi connectivity index (χ3n) is 3.10. The van der Waals surface area contributed by atoms with Crippen LogP contribution in [0, 0.1) is 12.3 Å². The van der Waals surface area contributed by atoms with Gasteiger partial charge in [0, 0.05) is 25.1 Å². The molecule has 0 radical (unpaired) electrons.